The lowest BCUT2D eigenvalue weighted by Gasteiger charge is -2.41. The Labute approximate surface area is 110 Å². The number of piperidine rings is 1. The second-order valence-corrected chi connectivity index (χ2v) is 6.11. The van der Waals surface area contributed by atoms with Crippen molar-refractivity contribution < 1.29 is 4.79 Å². The maximum Gasteiger partial charge on any atom is 0.237 e. The minimum Gasteiger partial charge on any atom is -0.355 e. The molecule has 0 aliphatic carbocycles. The lowest BCUT2D eigenvalue weighted by molar-refractivity contribution is -0.123. The van der Waals surface area contributed by atoms with Crippen LogP contribution in [0.4, 0.5) is 0 Å². The van der Waals surface area contributed by atoms with Crippen LogP contribution in [0, 0.1) is 5.92 Å². The molecule has 4 nitrogen and oxygen atoms in total. The molecule has 1 amide bonds. The lowest BCUT2D eigenvalue weighted by Crippen LogP contribution is -2.56. The fraction of sp³-hybridized carbons (Fsp3) is 0.929. The van der Waals surface area contributed by atoms with E-state index in [1.807, 2.05) is 0 Å². The van der Waals surface area contributed by atoms with Crippen molar-refractivity contribution in [3.8, 4) is 0 Å². The van der Waals surface area contributed by atoms with E-state index in [1.165, 1.54) is 0 Å². The van der Waals surface area contributed by atoms with Gasteiger partial charge in [0.25, 0.3) is 0 Å². The van der Waals surface area contributed by atoms with Gasteiger partial charge in [0, 0.05) is 25.2 Å². The topological polar surface area (TPSA) is 44.4 Å². The smallest absolute Gasteiger partial charge is 0.237 e. The largest absolute Gasteiger partial charge is 0.355 e. The molecule has 2 aliphatic rings. The van der Waals surface area contributed by atoms with E-state index in [-0.39, 0.29) is 11.9 Å². The van der Waals surface area contributed by atoms with E-state index in [0.717, 1.165) is 38.8 Å². The number of hydrogen-bond acceptors (Lipinski definition) is 3. The van der Waals surface area contributed by atoms with Gasteiger partial charge in [0.15, 0.2) is 0 Å². The van der Waals surface area contributed by atoms with E-state index in [0.29, 0.717) is 18.0 Å². The van der Waals surface area contributed by atoms with Gasteiger partial charge in [-0.05, 0) is 45.6 Å². The van der Waals surface area contributed by atoms with Crippen LogP contribution in [0.1, 0.15) is 39.5 Å². The zero-order valence-electron chi connectivity index (χ0n) is 11.9. The predicted molar refractivity (Wildman–Crippen MR) is 73.4 cm³/mol. The summed E-state index contributed by atoms with van der Waals surface area (Å²) in [6, 6.07) is 1.10. The fourth-order valence-corrected chi connectivity index (χ4v) is 3.13. The molecule has 2 N–H and O–H groups in total. The quantitative estimate of drug-likeness (QED) is 0.771. The average molecular weight is 253 g/mol. The third-order valence-electron chi connectivity index (χ3n) is 4.56. The summed E-state index contributed by atoms with van der Waals surface area (Å²) in [5.41, 5.74) is 0. The summed E-state index contributed by atoms with van der Waals surface area (Å²) in [5.74, 6) is 0.813. The highest BCUT2D eigenvalue weighted by molar-refractivity contribution is 5.81. The fourth-order valence-electron chi connectivity index (χ4n) is 3.13. The van der Waals surface area contributed by atoms with Gasteiger partial charge in [-0.25, -0.2) is 0 Å². The normalized spacial score (nSPS) is 39.2. The Morgan fingerprint density at radius 3 is 2.89 bits per heavy atom. The number of nitrogens with one attached hydrogen (secondary N) is 2. The Bertz CT molecular complexity index is 295. The van der Waals surface area contributed by atoms with E-state index >= 15 is 0 Å². The summed E-state index contributed by atoms with van der Waals surface area (Å²) in [4.78, 5) is 14.4. The first-order valence-electron chi connectivity index (χ1n) is 7.32. The Hall–Kier alpha value is -0.610. The summed E-state index contributed by atoms with van der Waals surface area (Å²) in [7, 11) is 2.19. The van der Waals surface area contributed by atoms with E-state index in [2.05, 4.69) is 36.4 Å². The highest BCUT2D eigenvalue weighted by atomic mass is 16.2. The van der Waals surface area contributed by atoms with Crippen molar-refractivity contribution in [1.29, 1.82) is 0 Å². The second kappa shape index (κ2) is 6.02. The van der Waals surface area contributed by atoms with Crippen molar-refractivity contribution in [2.24, 2.45) is 5.92 Å². The zero-order valence-corrected chi connectivity index (χ0v) is 11.9. The monoisotopic (exact) mass is 253 g/mol. The van der Waals surface area contributed by atoms with Crippen molar-refractivity contribution in [3.05, 3.63) is 0 Å². The Morgan fingerprint density at radius 1 is 1.33 bits per heavy atom. The van der Waals surface area contributed by atoms with Gasteiger partial charge < -0.3 is 15.5 Å². The van der Waals surface area contributed by atoms with Gasteiger partial charge in [-0.3, -0.25) is 4.79 Å². The highest BCUT2D eigenvalue weighted by Crippen LogP contribution is 2.22. The SMILES string of the molecule is CC1CN(C)C(C)CC1NC1CCCCNC1=O. The van der Waals surface area contributed by atoms with Crippen molar-refractivity contribution >= 4 is 5.91 Å². The second-order valence-electron chi connectivity index (χ2n) is 6.11. The van der Waals surface area contributed by atoms with Crippen molar-refractivity contribution in [3.63, 3.8) is 0 Å². The summed E-state index contributed by atoms with van der Waals surface area (Å²) in [5, 5.41) is 6.62. The molecule has 0 radical (unpaired) electrons. The molecule has 2 aliphatic heterocycles. The van der Waals surface area contributed by atoms with Crippen LogP contribution in [0.2, 0.25) is 0 Å². The first-order chi connectivity index (χ1) is 8.58. The molecule has 0 spiro atoms. The molecule has 18 heavy (non-hydrogen) atoms. The molecule has 0 bridgehead atoms. The lowest BCUT2D eigenvalue weighted by atomic mass is 9.89. The van der Waals surface area contributed by atoms with Gasteiger partial charge in [-0.2, -0.15) is 0 Å². The first kappa shape index (κ1) is 13.8. The van der Waals surface area contributed by atoms with Crippen molar-refractivity contribution in [2.45, 2.75) is 57.7 Å². The number of rotatable bonds is 2. The minimum atomic E-state index is 0.0237. The molecule has 0 aromatic heterocycles. The Balaban J connectivity index is 1.93. The van der Waals surface area contributed by atoms with E-state index < -0.39 is 0 Å². The number of likely N-dealkylation sites (tertiary alicyclic amines) is 1. The molecule has 4 heteroatoms. The van der Waals surface area contributed by atoms with Crippen LogP contribution in [0.25, 0.3) is 0 Å². The van der Waals surface area contributed by atoms with Crippen LogP contribution in [0.3, 0.4) is 0 Å². The first-order valence-corrected chi connectivity index (χ1v) is 7.32. The molecule has 0 aromatic carbocycles. The van der Waals surface area contributed by atoms with Gasteiger partial charge in [0.1, 0.15) is 0 Å². The number of nitrogens with zero attached hydrogens (tertiary/aromatic N) is 1. The van der Waals surface area contributed by atoms with E-state index in [9.17, 15) is 4.79 Å². The third kappa shape index (κ3) is 3.23. The van der Waals surface area contributed by atoms with Crippen LogP contribution < -0.4 is 10.6 Å². The average Bonchev–Trinajstić information content (AvgIpc) is 2.52. The summed E-state index contributed by atoms with van der Waals surface area (Å²) in [6.07, 6.45) is 4.39. The van der Waals surface area contributed by atoms with Gasteiger partial charge in [-0.1, -0.05) is 6.92 Å². The van der Waals surface area contributed by atoms with Crippen LogP contribution in [0.5, 0.6) is 0 Å². The molecular formula is C14H27N3O. The molecule has 4 atom stereocenters. The molecule has 2 saturated heterocycles. The Kier molecular flexibility index (Phi) is 4.62. The van der Waals surface area contributed by atoms with Crippen LogP contribution >= 0.6 is 0 Å². The molecule has 104 valence electrons. The Morgan fingerprint density at radius 2 is 2.11 bits per heavy atom. The van der Waals surface area contributed by atoms with Crippen LogP contribution in [-0.4, -0.2) is 49.1 Å². The summed E-state index contributed by atoms with van der Waals surface area (Å²) < 4.78 is 0. The maximum atomic E-state index is 12.0. The maximum absolute atomic E-state index is 12.0. The summed E-state index contributed by atoms with van der Waals surface area (Å²) >= 11 is 0. The number of carbonyl (C=O) groups excluding carboxylic acids is 1. The zero-order chi connectivity index (χ0) is 13.1. The molecule has 2 rings (SSSR count). The molecule has 0 saturated carbocycles. The van der Waals surface area contributed by atoms with Gasteiger partial charge in [-0.15, -0.1) is 0 Å². The molecule has 0 aromatic rings. The third-order valence-corrected chi connectivity index (χ3v) is 4.56. The molecule has 2 heterocycles. The molecule has 4 unspecified atom stereocenters. The van der Waals surface area contributed by atoms with Crippen molar-refractivity contribution in [1.82, 2.24) is 15.5 Å². The molecule has 2 fully saturated rings. The standard InChI is InChI=1S/C14H27N3O/c1-10-9-17(3)11(2)8-13(10)16-12-6-4-5-7-15-14(12)18/h10-13,16H,4-9H2,1-3H3,(H,15,18). The molecular weight excluding hydrogens is 226 g/mol. The number of carbonyl (C=O) groups is 1. The minimum absolute atomic E-state index is 0.0237. The number of hydrogen-bond donors (Lipinski definition) is 2. The summed E-state index contributed by atoms with van der Waals surface area (Å²) in [6.45, 7) is 6.52. The van der Waals surface area contributed by atoms with E-state index in [1.54, 1.807) is 0 Å². The highest BCUT2D eigenvalue weighted by Gasteiger charge is 2.32. The van der Waals surface area contributed by atoms with Crippen LogP contribution in [-0.2, 0) is 4.79 Å². The number of amides is 1. The van der Waals surface area contributed by atoms with Gasteiger partial charge in [0.05, 0.1) is 6.04 Å². The van der Waals surface area contributed by atoms with Gasteiger partial charge >= 0.3 is 0 Å². The van der Waals surface area contributed by atoms with E-state index in [4.69, 9.17) is 0 Å². The van der Waals surface area contributed by atoms with Gasteiger partial charge in [0.2, 0.25) is 5.91 Å². The van der Waals surface area contributed by atoms with Crippen LogP contribution in [0.15, 0.2) is 0 Å². The predicted octanol–water partition coefficient (Wildman–Crippen LogP) is 0.973. The van der Waals surface area contributed by atoms with Crippen molar-refractivity contribution in [2.75, 3.05) is 20.1 Å².